The molecular formula is C13H21NO2S. The van der Waals surface area contributed by atoms with E-state index in [2.05, 4.69) is 5.32 Å². The van der Waals surface area contributed by atoms with E-state index in [9.17, 15) is 4.79 Å². The second kappa shape index (κ2) is 5.65. The fraction of sp³-hybridized carbons (Fsp3) is 0.615. The number of amides is 1. The van der Waals surface area contributed by atoms with Crippen LogP contribution in [0.2, 0.25) is 0 Å². The normalized spacial score (nSPS) is 11.6. The summed E-state index contributed by atoms with van der Waals surface area (Å²) in [7, 11) is 0. The molecule has 0 aliphatic carbocycles. The first-order chi connectivity index (χ1) is 7.85. The molecule has 0 spiro atoms. The zero-order valence-corrected chi connectivity index (χ0v) is 11.8. The summed E-state index contributed by atoms with van der Waals surface area (Å²) in [5.74, 6) is -0.0159. The lowest BCUT2D eigenvalue weighted by Gasteiger charge is -2.23. The van der Waals surface area contributed by atoms with Crippen LogP contribution >= 0.6 is 11.3 Å². The van der Waals surface area contributed by atoms with Crippen LogP contribution in [0.4, 0.5) is 0 Å². The Morgan fingerprint density at radius 1 is 1.47 bits per heavy atom. The lowest BCUT2D eigenvalue weighted by molar-refractivity contribution is 0.0928. The third-order valence-electron chi connectivity index (χ3n) is 2.80. The van der Waals surface area contributed by atoms with E-state index >= 15 is 0 Å². The van der Waals surface area contributed by atoms with E-state index in [0.717, 1.165) is 15.3 Å². The highest BCUT2D eigenvalue weighted by Gasteiger charge is 2.19. The van der Waals surface area contributed by atoms with Crippen LogP contribution in [0.25, 0.3) is 0 Å². The topological polar surface area (TPSA) is 49.3 Å². The molecule has 1 amide bonds. The second-order valence-corrected chi connectivity index (χ2v) is 6.61. The number of hydrogen-bond acceptors (Lipinski definition) is 3. The zero-order chi connectivity index (χ0) is 13.1. The largest absolute Gasteiger partial charge is 0.396 e. The van der Waals surface area contributed by atoms with Gasteiger partial charge >= 0.3 is 0 Å². The van der Waals surface area contributed by atoms with E-state index < -0.39 is 0 Å². The maximum absolute atomic E-state index is 12.0. The van der Waals surface area contributed by atoms with Crippen LogP contribution in [0.3, 0.4) is 0 Å². The van der Waals surface area contributed by atoms with Gasteiger partial charge in [0.05, 0.1) is 5.56 Å². The standard InChI is InChI=1S/C13H21NO2S/c1-9-7-11(10(2)17-9)12(16)14-8-13(3,4)5-6-15/h7,15H,5-6,8H2,1-4H3,(H,14,16). The summed E-state index contributed by atoms with van der Waals surface area (Å²) in [4.78, 5) is 14.2. The summed E-state index contributed by atoms with van der Waals surface area (Å²) in [6.45, 7) is 8.78. The molecule has 96 valence electrons. The first kappa shape index (κ1) is 14.2. The number of aliphatic hydroxyl groups excluding tert-OH is 1. The molecule has 0 radical (unpaired) electrons. The number of nitrogens with one attached hydrogen (secondary N) is 1. The molecule has 0 bridgehead atoms. The molecule has 1 rings (SSSR count). The van der Waals surface area contributed by atoms with Crippen LogP contribution in [0.1, 0.15) is 40.4 Å². The average molecular weight is 255 g/mol. The fourth-order valence-electron chi connectivity index (χ4n) is 1.66. The quantitative estimate of drug-likeness (QED) is 0.849. The highest BCUT2D eigenvalue weighted by molar-refractivity contribution is 7.12. The number of aryl methyl sites for hydroxylation is 2. The molecule has 4 heteroatoms. The summed E-state index contributed by atoms with van der Waals surface area (Å²) in [6.07, 6.45) is 0.689. The lowest BCUT2D eigenvalue weighted by Crippen LogP contribution is -2.34. The maximum atomic E-state index is 12.0. The number of hydrogen-bond donors (Lipinski definition) is 2. The molecule has 0 aromatic carbocycles. The first-order valence-corrected chi connectivity index (χ1v) is 6.63. The minimum Gasteiger partial charge on any atom is -0.396 e. The van der Waals surface area contributed by atoms with Crippen LogP contribution in [0.15, 0.2) is 6.07 Å². The van der Waals surface area contributed by atoms with Gasteiger partial charge in [0.1, 0.15) is 0 Å². The summed E-state index contributed by atoms with van der Waals surface area (Å²) in [5.41, 5.74) is 0.705. The highest BCUT2D eigenvalue weighted by Crippen LogP contribution is 2.22. The van der Waals surface area contributed by atoms with E-state index in [1.807, 2.05) is 33.8 Å². The van der Waals surface area contributed by atoms with Gasteiger partial charge in [-0.1, -0.05) is 13.8 Å². The van der Waals surface area contributed by atoms with Gasteiger partial charge < -0.3 is 10.4 Å². The number of rotatable bonds is 5. The minimum absolute atomic E-state index is 0.0159. The fourth-order valence-corrected chi connectivity index (χ4v) is 2.58. The van der Waals surface area contributed by atoms with Crippen molar-refractivity contribution in [2.45, 2.75) is 34.1 Å². The minimum atomic E-state index is -0.0661. The molecule has 0 fully saturated rings. The molecule has 2 N–H and O–H groups in total. The van der Waals surface area contributed by atoms with Gasteiger partial charge in [0.15, 0.2) is 0 Å². The van der Waals surface area contributed by atoms with Crippen molar-refractivity contribution in [1.82, 2.24) is 5.32 Å². The summed E-state index contributed by atoms with van der Waals surface area (Å²) >= 11 is 1.64. The van der Waals surface area contributed by atoms with E-state index in [1.54, 1.807) is 11.3 Å². The number of carbonyl (C=O) groups excluding carboxylic acids is 1. The molecule has 1 aromatic heterocycles. The van der Waals surface area contributed by atoms with Crippen molar-refractivity contribution in [3.63, 3.8) is 0 Å². The van der Waals surface area contributed by atoms with Crippen molar-refractivity contribution in [2.24, 2.45) is 5.41 Å². The third kappa shape index (κ3) is 4.13. The third-order valence-corrected chi connectivity index (χ3v) is 3.77. The summed E-state index contributed by atoms with van der Waals surface area (Å²) in [6, 6.07) is 1.92. The van der Waals surface area contributed by atoms with Crippen molar-refractivity contribution in [3.8, 4) is 0 Å². The number of aliphatic hydroxyl groups is 1. The number of thiophene rings is 1. The molecule has 0 atom stereocenters. The van der Waals surface area contributed by atoms with Crippen molar-refractivity contribution in [2.75, 3.05) is 13.2 Å². The maximum Gasteiger partial charge on any atom is 0.252 e. The van der Waals surface area contributed by atoms with Gasteiger partial charge in [-0.2, -0.15) is 0 Å². The van der Waals surface area contributed by atoms with Gasteiger partial charge in [0.2, 0.25) is 0 Å². The Kier molecular flexibility index (Phi) is 4.71. The van der Waals surface area contributed by atoms with Gasteiger partial charge in [-0.25, -0.2) is 0 Å². The SMILES string of the molecule is Cc1cc(C(=O)NCC(C)(C)CCO)c(C)s1. The molecule has 0 saturated carbocycles. The molecule has 1 heterocycles. The van der Waals surface area contributed by atoms with Crippen molar-refractivity contribution in [3.05, 3.63) is 21.4 Å². The first-order valence-electron chi connectivity index (χ1n) is 5.82. The predicted molar refractivity (Wildman–Crippen MR) is 71.6 cm³/mol. The molecule has 3 nitrogen and oxygen atoms in total. The number of carbonyl (C=O) groups is 1. The highest BCUT2D eigenvalue weighted by atomic mass is 32.1. The van der Waals surface area contributed by atoms with E-state index in [4.69, 9.17) is 5.11 Å². The Morgan fingerprint density at radius 2 is 2.12 bits per heavy atom. The Labute approximate surface area is 107 Å². The van der Waals surface area contributed by atoms with E-state index in [1.165, 1.54) is 0 Å². The van der Waals surface area contributed by atoms with Gasteiger partial charge in [-0.05, 0) is 31.7 Å². The van der Waals surface area contributed by atoms with Crippen LogP contribution < -0.4 is 5.32 Å². The van der Waals surface area contributed by atoms with Crippen LogP contribution in [0, 0.1) is 19.3 Å². The molecular weight excluding hydrogens is 234 g/mol. The predicted octanol–water partition coefficient (Wildman–Crippen LogP) is 2.50. The van der Waals surface area contributed by atoms with Crippen LogP contribution in [-0.2, 0) is 0 Å². The van der Waals surface area contributed by atoms with Crippen molar-refractivity contribution < 1.29 is 9.90 Å². The van der Waals surface area contributed by atoms with Crippen LogP contribution in [0.5, 0.6) is 0 Å². The Balaban J connectivity index is 2.59. The van der Waals surface area contributed by atoms with Gasteiger partial charge in [-0.3, -0.25) is 4.79 Å². The average Bonchev–Trinajstić information content (AvgIpc) is 2.54. The smallest absolute Gasteiger partial charge is 0.252 e. The monoisotopic (exact) mass is 255 g/mol. The molecule has 17 heavy (non-hydrogen) atoms. The Bertz CT molecular complexity index is 396. The molecule has 1 aromatic rings. The van der Waals surface area contributed by atoms with Crippen molar-refractivity contribution in [1.29, 1.82) is 0 Å². The Hall–Kier alpha value is -0.870. The lowest BCUT2D eigenvalue weighted by atomic mass is 9.89. The molecule has 0 unspecified atom stereocenters. The molecule has 0 saturated heterocycles. The van der Waals surface area contributed by atoms with Crippen molar-refractivity contribution >= 4 is 17.2 Å². The van der Waals surface area contributed by atoms with E-state index in [0.29, 0.717) is 13.0 Å². The summed E-state index contributed by atoms with van der Waals surface area (Å²) < 4.78 is 0. The van der Waals surface area contributed by atoms with Gasteiger partial charge in [-0.15, -0.1) is 11.3 Å². The van der Waals surface area contributed by atoms with Crippen LogP contribution in [-0.4, -0.2) is 24.2 Å². The van der Waals surface area contributed by atoms with E-state index in [-0.39, 0.29) is 17.9 Å². The second-order valence-electron chi connectivity index (χ2n) is 5.15. The molecule has 0 aliphatic heterocycles. The van der Waals surface area contributed by atoms with Gasteiger partial charge in [0, 0.05) is 22.9 Å². The molecule has 0 aliphatic rings. The zero-order valence-electron chi connectivity index (χ0n) is 11.0. The van der Waals surface area contributed by atoms with Gasteiger partial charge in [0.25, 0.3) is 5.91 Å². The Morgan fingerprint density at radius 3 is 2.59 bits per heavy atom. The summed E-state index contributed by atoms with van der Waals surface area (Å²) in [5, 5.41) is 11.9.